The zero-order valence-corrected chi connectivity index (χ0v) is 20.2. The van der Waals surface area contributed by atoms with E-state index < -0.39 is 9.84 Å². The molecule has 1 saturated heterocycles. The largest absolute Gasteiger partial charge is 0.376 e. The van der Waals surface area contributed by atoms with Gasteiger partial charge in [-0.25, -0.2) is 13.4 Å². The summed E-state index contributed by atoms with van der Waals surface area (Å²) in [6.07, 6.45) is 3.12. The van der Waals surface area contributed by atoms with Gasteiger partial charge in [-0.1, -0.05) is 22.0 Å². The van der Waals surface area contributed by atoms with Crippen LogP contribution in [0.2, 0.25) is 0 Å². The Hall–Kier alpha value is -2.82. The Balaban J connectivity index is 1.86. The van der Waals surface area contributed by atoms with Crippen LogP contribution in [0.1, 0.15) is 18.4 Å². The van der Waals surface area contributed by atoms with Gasteiger partial charge in [-0.05, 0) is 61.7 Å². The van der Waals surface area contributed by atoms with Crippen molar-refractivity contribution in [1.29, 1.82) is 5.41 Å². The molecule has 1 aromatic carbocycles. The monoisotopic (exact) mass is 528 g/mol. The molecule has 5 rings (SSSR count). The molecular formula is C23H21BrN4O4S. The topological polar surface area (TPSA) is 107 Å². The zero-order chi connectivity index (χ0) is 23.3. The lowest BCUT2D eigenvalue weighted by atomic mass is 10.2. The number of sulfone groups is 1. The highest BCUT2D eigenvalue weighted by Gasteiger charge is 2.26. The van der Waals surface area contributed by atoms with E-state index in [1.165, 1.54) is 27.2 Å². The quantitative estimate of drug-likeness (QED) is 0.409. The van der Waals surface area contributed by atoms with Crippen LogP contribution in [0, 0.1) is 12.3 Å². The van der Waals surface area contributed by atoms with Gasteiger partial charge in [0.15, 0.2) is 0 Å². The standard InChI is InChI=1S/C23H21BrN4O4S/c1-14-4-2-10-27-21(14)26-22-18(23(27)29)12-19(20(25)28(22)13-16-5-3-11-32-16)33(30,31)17-8-6-15(24)7-9-17/h2,4,6-10,12,16,25H,3,5,11,13H2,1H3. The molecule has 0 spiro atoms. The molecule has 33 heavy (non-hydrogen) atoms. The Bertz CT molecular complexity index is 1620. The minimum absolute atomic E-state index is 0.0481. The van der Waals surface area contributed by atoms with Gasteiger partial charge >= 0.3 is 0 Å². The van der Waals surface area contributed by atoms with E-state index in [1.54, 1.807) is 24.4 Å². The summed E-state index contributed by atoms with van der Waals surface area (Å²) in [4.78, 5) is 17.9. The smallest absolute Gasteiger partial charge is 0.267 e. The molecule has 1 atom stereocenters. The average Bonchev–Trinajstić information content (AvgIpc) is 3.30. The zero-order valence-electron chi connectivity index (χ0n) is 17.8. The summed E-state index contributed by atoms with van der Waals surface area (Å²) in [5, 5.41) is 8.98. The molecule has 1 N–H and O–H groups in total. The van der Waals surface area contributed by atoms with Crippen molar-refractivity contribution in [1.82, 2.24) is 14.0 Å². The van der Waals surface area contributed by atoms with Crippen LogP contribution in [0.4, 0.5) is 0 Å². The summed E-state index contributed by atoms with van der Waals surface area (Å²) in [6, 6.07) is 11.1. The number of fused-ring (bicyclic) bond motifs is 2. The molecule has 0 bridgehead atoms. The van der Waals surface area contributed by atoms with E-state index in [0.29, 0.717) is 12.3 Å². The number of benzene rings is 1. The predicted octanol–water partition coefficient (Wildman–Crippen LogP) is 3.21. The van der Waals surface area contributed by atoms with Crippen molar-refractivity contribution in [3.63, 3.8) is 0 Å². The lowest BCUT2D eigenvalue weighted by molar-refractivity contribution is 0.0965. The number of aryl methyl sites for hydroxylation is 1. The van der Waals surface area contributed by atoms with Crippen LogP contribution >= 0.6 is 15.9 Å². The maximum atomic E-state index is 13.5. The Labute approximate surface area is 198 Å². The predicted molar refractivity (Wildman–Crippen MR) is 126 cm³/mol. The Morgan fingerprint density at radius 1 is 1.21 bits per heavy atom. The molecule has 0 amide bonds. The molecular weight excluding hydrogens is 508 g/mol. The molecule has 0 aliphatic carbocycles. The summed E-state index contributed by atoms with van der Waals surface area (Å²) >= 11 is 3.31. The number of pyridine rings is 2. The minimum atomic E-state index is -4.06. The molecule has 1 fully saturated rings. The second-order valence-electron chi connectivity index (χ2n) is 8.10. The van der Waals surface area contributed by atoms with Crippen LogP contribution in [0.25, 0.3) is 16.7 Å². The van der Waals surface area contributed by atoms with Crippen molar-refractivity contribution in [3.05, 3.63) is 74.5 Å². The number of hydrogen-bond acceptors (Lipinski definition) is 6. The van der Waals surface area contributed by atoms with Crippen LogP contribution in [0.5, 0.6) is 0 Å². The van der Waals surface area contributed by atoms with Crippen LogP contribution in [-0.4, -0.2) is 35.1 Å². The summed E-state index contributed by atoms with van der Waals surface area (Å²) in [7, 11) is -4.06. The average molecular weight is 529 g/mol. The number of hydrogen-bond donors (Lipinski definition) is 1. The van der Waals surface area contributed by atoms with Gasteiger partial charge < -0.3 is 9.30 Å². The molecule has 8 nitrogen and oxygen atoms in total. The molecule has 1 aliphatic heterocycles. The van der Waals surface area contributed by atoms with Crippen molar-refractivity contribution in [2.75, 3.05) is 6.61 Å². The maximum Gasteiger partial charge on any atom is 0.267 e. The first-order valence-corrected chi connectivity index (χ1v) is 12.8. The van der Waals surface area contributed by atoms with Crippen LogP contribution in [-0.2, 0) is 21.1 Å². The van der Waals surface area contributed by atoms with Gasteiger partial charge in [0.25, 0.3) is 5.56 Å². The van der Waals surface area contributed by atoms with Crippen LogP contribution < -0.4 is 11.0 Å². The molecule has 4 aromatic rings. The van der Waals surface area contributed by atoms with Gasteiger partial charge in [0.05, 0.1) is 22.9 Å². The van der Waals surface area contributed by atoms with E-state index in [9.17, 15) is 13.2 Å². The number of halogens is 1. The summed E-state index contributed by atoms with van der Waals surface area (Å²) in [5.74, 6) is 0. The lowest BCUT2D eigenvalue weighted by Gasteiger charge is -2.18. The third kappa shape index (κ3) is 3.71. The second kappa shape index (κ2) is 8.19. The van der Waals surface area contributed by atoms with Gasteiger partial charge in [-0.2, -0.15) is 0 Å². The third-order valence-electron chi connectivity index (χ3n) is 5.92. The number of nitrogens with zero attached hydrogens (tertiary/aromatic N) is 3. The number of rotatable bonds is 4. The second-order valence-corrected chi connectivity index (χ2v) is 10.9. The molecule has 10 heteroatoms. The van der Waals surface area contributed by atoms with E-state index in [1.807, 2.05) is 13.0 Å². The molecule has 4 heterocycles. The van der Waals surface area contributed by atoms with E-state index in [2.05, 4.69) is 15.9 Å². The molecule has 1 aliphatic rings. The highest BCUT2D eigenvalue weighted by atomic mass is 79.9. The lowest BCUT2D eigenvalue weighted by Crippen LogP contribution is -2.33. The van der Waals surface area contributed by atoms with Crippen LogP contribution in [0.15, 0.2) is 67.7 Å². The summed E-state index contributed by atoms with van der Waals surface area (Å²) in [5.41, 5.74) is 0.958. The van der Waals surface area contributed by atoms with Crippen molar-refractivity contribution in [3.8, 4) is 0 Å². The Kier molecular flexibility index (Phi) is 5.46. The highest BCUT2D eigenvalue weighted by Crippen LogP contribution is 2.24. The van der Waals surface area contributed by atoms with E-state index in [-0.39, 0.29) is 44.5 Å². The first kappa shape index (κ1) is 22.0. The molecule has 0 radical (unpaired) electrons. The molecule has 0 saturated carbocycles. The van der Waals surface area contributed by atoms with Gasteiger partial charge in [0.1, 0.15) is 21.7 Å². The van der Waals surface area contributed by atoms with Crippen molar-refractivity contribution in [2.24, 2.45) is 0 Å². The molecule has 1 unspecified atom stereocenters. The van der Waals surface area contributed by atoms with E-state index in [4.69, 9.17) is 15.1 Å². The first-order valence-electron chi connectivity index (χ1n) is 10.5. The number of nitrogens with one attached hydrogen (secondary N) is 1. The Morgan fingerprint density at radius 3 is 2.67 bits per heavy atom. The van der Waals surface area contributed by atoms with Crippen molar-refractivity contribution >= 4 is 42.4 Å². The number of ether oxygens (including phenoxy) is 1. The highest BCUT2D eigenvalue weighted by molar-refractivity contribution is 9.10. The SMILES string of the molecule is Cc1cccn2c(=O)c3cc(S(=O)(=O)c4ccc(Br)cc4)c(=N)n(CC4CCCO4)c3nc12. The van der Waals surface area contributed by atoms with Gasteiger partial charge in [0, 0.05) is 17.3 Å². The van der Waals surface area contributed by atoms with Gasteiger partial charge in [-0.3, -0.25) is 14.6 Å². The fourth-order valence-electron chi connectivity index (χ4n) is 4.19. The fraction of sp³-hybridized carbons (Fsp3) is 0.261. The van der Waals surface area contributed by atoms with Crippen molar-refractivity contribution < 1.29 is 13.2 Å². The van der Waals surface area contributed by atoms with Crippen LogP contribution in [0.3, 0.4) is 0 Å². The number of aromatic nitrogens is 3. The summed E-state index contributed by atoms with van der Waals surface area (Å²) < 4.78 is 36.4. The minimum Gasteiger partial charge on any atom is -0.376 e. The fourth-order valence-corrected chi connectivity index (χ4v) is 5.84. The normalized spacial score (nSPS) is 16.6. The third-order valence-corrected chi connectivity index (χ3v) is 8.23. The Morgan fingerprint density at radius 2 is 1.97 bits per heavy atom. The summed E-state index contributed by atoms with van der Waals surface area (Å²) in [6.45, 7) is 2.71. The maximum absolute atomic E-state index is 13.5. The van der Waals surface area contributed by atoms with Gasteiger partial charge in [0.2, 0.25) is 9.84 Å². The van der Waals surface area contributed by atoms with E-state index >= 15 is 0 Å². The molecule has 170 valence electrons. The van der Waals surface area contributed by atoms with E-state index in [0.717, 1.165) is 22.9 Å². The molecule has 3 aromatic heterocycles. The first-order chi connectivity index (χ1) is 15.8. The van der Waals surface area contributed by atoms with Gasteiger partial charge in [-0.15, -0.1) is 0 Å². The van der Waals surface area contributed by atoms with Crippen molar-refractivity contribution in [2.45, 2.75) is 42.2 Å².